The van der Waals surface area contributed by atoms with Gasteiger partial charge in [-0.3, -0.25) is 19.9 Å². The largest absolute Gasteiger partial charge is 0.493 e. The summed E-state index contributed by atoms with van der Waals surface area (Å²) >= 11 is 0. The maximum Gasteiger partial charge on any atom is 0.387 e. The van der Waals surface area contributed by atoms with Crippen LogP contribution in [0, 0.1) is 0 Å². The van der Waals surface area contributed by atoms with Gasteiger partial charge in [-0.15, -0.1) is 0 Å². The molecule has 11 heteroatoms. The van der Waals surface area contributed by atoms with E-state index in [9.17, 15) is 23.2 Å². The van der Waals surface area contributed by atoms with Crippen molar-refractivity contribution < 1.29 is 32.6 Å². The molecular weight excluding hydrogens is 414 g/mol. The molecule has 0 atom stereocenters. The third-order valence-corrected chi connectivity index (χ3v) is 5.42. The molecule has 0 bridgehead atoms. The number of urea groups is 1. The summed E-state index contributed by atoms with van der Waals surface area (Å²) in [7, 11) is 3.01. The first kappa shape index (κ1) is 22.7. The van der Waals surface area contributed by atoms with Crippen LogP contribution in [0.1, 0.15) is 37.7 Å². The number of ether oxygens (including phenoxy) is 2. The summed E-state index contributed by atoms with van der Waals surface area (Å²) in [5.41, 5.74) is 2.17. The molecule has 1 spiro atoms. The van der Waals surface area contributed by atoms with Crippen molar-refractivity contribution in [3.63, 3.8) is 0 Å². The highest BCUT2D eigenvalue weighted by Gasteiger charge is 2.52. The Hall–Kier alpha value is -2.95. The molecule has 2 fully saturated rings. The number of carbonyl (C=O) groups excluding carboxylic acids is 3. The predicted molar refractivity (Wildman–Crippen MR) is 105 cm³/mol. The average Bonchev–Trinajstić information content (AvgIpc) is 2.93. The van der Waals surface area contributed by atoms with E-state index in [1.165, 1.54) is 19.2 Å². The van der Waals surface area contributed by atoms with E-state index >= 15 is 0 Å². The summed E-state index contributed by atoms with van der Waals surface area (Å²) in [4.78, 5) is 39.0. The summed E-state index contributed by atoms with van der Waals surface area (Å²) in [6.07, 6.45) is 3.85. The van der Waals surface area contributed by atoms with Gasteiger partial charge in [0.05, 0.1) is 13.7 Å². The fourth-order valence-corrected chi connectivity index (χ4v) is 3.99. The molecule has 31 heavy (non-hydrogen) atoms. The van der Waals surface area contributed by atoms with Gasteiger partial charge in [0.15, 0.2) is 11.5 Å². The highest BCUT2D eigenvalue weighted by Crippen LogP contribution is 2.33. The monoisotopic (exact) mass is 440 g/mol. The van der Waals surface area contributed by atoms with Gasteiger partial charge in [-0.05, 0) is 37.6 Å². The first-order valence-corrected chi connectivity index (χ1v) is 10.0. The first-order valence-electron chi connectivity index (χ1n) is 10.0. The quantitative estimate of drug-likeness (QED) is 0.600. The second kappa shape index (κ2) is 9.46. The smallest absolute Gasteiger partial charge is 0.387 e. The number of amides is 4. The molecule has 1 saturated carbocycles. The third kappa shape index (κ3) is 5.22. The Balaban J connectivity index is 1.56. The van der Waals surface area contributed by atoms with Gasteiger partial charge in [-0.2, -0.15) is 13.8 Å². The summed E-state index contributed by atoms with van der Waals surface area (Å²) in [5, 5.41) is 3.49. The number of benzene rings is 1. The zero-order chi connectivity index (χ0) is 22.6. The predicted octanol–water partition coefficient (Wildman–Crippen LogP) is 2.01. The van der Waals surface area contributed by atoms with Gasteiger partial charge in [0.25, 0.3) is 11.8 Å². The molecule has 2 aliphatic rings. The topological polar surface area (TPSA) is 100 Å². The van der Waals surface area contributed by atoms with Crippen LogP contribution < -0.4 is 20.2 Å². The number of likely N-dealkylation sites (N-methyl/N-ethyl adjacent to an activating group) is 1. The van der Waals surface area contributed by atoms with Gasteiger partial charge in [0.2, 0.25) is 0 Å². The van der Waals surface area contributed by atoms with Crippen molar-refractivity contribution in [2.24, 2.45) is 0 Å². The molecule has 9 nitrogen and oxygen atoms in total. The number of hydrogen-bond donors (Lipinski definition) is 2. The van der Waals surface area contributed by atoms with Crippen molar-refractivity contribution in [1.29, 1.82) is 0 Å². The molecule has 1 heterocycles. The van der Waals surface area contributed by atoms with E-state index in [4.69, 9.17) is 4.74 Å². The highest BCUT2D eigenvalue weighted by atomic mass is 19.3. The van der Waals surface area contributed by atoms with Crippen LogP contribution in [0.4, 0.5) is 13.6 Å². The zero-order valence-electron chi connectivity index (χ0n) is 17.5. The maximum absolute atomic E-state index is 12.7. The number of imide groups is 1. The standard InChI is InChI=1S/C20H26F2N4O5/c1-25(11-13-6-7-14(31-18(21)22)15(10-13)30-2)12-16(27)24-26-17(28)20(23-19(26)29)8-4-3-5-9-20/h6-7,10,18H,3-5,8-9,11-12H2,1-2H3,(H,23,29)(H,24,27). The Morgan fingerprint density at radius 3 is 2.61 bits per heavy atom. The van der Waals surface area contributed by atoms with Crippen LogP contribution >= 0.6 is 0 Å². The number of hydrogen-bond acceptors (Lipinski definition) is 6. The molecule has 1 aromatic rings. The molecule has 170 valence electrons. The highest BCUT2D eigenvalue weighted by molar-refractivity contribution is 6.08. The normalized spacial score (nSPS) is 17.9. The summed E-state index contributed by atoms with van der Waals surface area (Å²) < 4.78 is 34.3. The lowest BCUT2D eigenvalue weighted by molar-refractivity contribution is -0.140. The average molecular weight is 440 g/mol. The molecule has 0 aromatic heterocycles. The van der Waals surface area contributed by atoms with Crippen molar-refractivity contribution in [2.45, 2.75) is 50.8 Å². The van der Waals surface area contributed by atoms with Crippen molar-refractivity contribution in [1.82, 2.24) is 20.7 Å². The van der Waals surface area contributed by atoms with Crippen molar-refractivity contribution >= 4 is 17.8 Å². The number of nitrogens with one attached hydrogen (secondary N) is 2. The molecule has 1 aromatic carbocycles. The first-order chi connectivity index (χ1) is 14.7. The van der Waals surface area contributed by atoms with Crippen LogP contribution in [-0.2, 0) is 16.1 Å². The Morgan fingerprint density at radius 2 is 1.97 bits per heavy atom. The van der Waals surface area contributed by atoms with Crippen LogP contribution in [0.3, 0.4) is 0 Å². The van der Waals surface area contributed by atoms with Crippen LogP contribution in [0.2, 0.25) is 0 Å². The summed E-state index contributed by atoms with van der Waals surface area (Å²) in [6.45, 7) is -2.77. The Morgan fingerprint density at radius 1 is 1.26 bits per heavy atom. The fraction of sp³-hybridized carbons (Fsp3) is 0.550. The van der Waals surface area contributed by atoms with Crippen molar-refractivity contribution in [2.75, 3.05) is 20.7 Å². The number of methoxy groups -OCH3 is 1. The summed E-state index contributed by atoms with van der Waals surface area (Å²) in [5.74, 6) is -0.888. The Kier molecular flexibility index (Phi) is 6.94. The van der Waals surface area contributed by atoms with Crippen LogP contribution in [-0.4, -0.2) is 60.6 Å². The third-order valence-electron chi connectivity index (χ3n) is 5.42. The lowest BCUT2D eigenvalue weighted by Crippen LogP contribution is -2.52. The second-order valence-corrected chi connectivity index (χ2v) is 7.78. The lowest BCUT2D eigenvalue weighted by Gasteiger charge is -2.30. The molecule has 3 rings (SSSR count). The van der Waals surface area contributed by atoms with Crippen molar-refractivity contribution in [3.8, 4) is 11.5 Å². The summed E-state index contributed by atoms with van der Waals surface area (Å²) in [6, 6.07) is 3.86. The minimum absolute atomic E-state index is 0.0863. The molecule has 0 radical (unpaired) electrons. The molecule has 4 amide bonds. The molecular formula is C20H26F2N4O5. The SMILES string of the molecule is COc1cc(CN(C)CC(=O)NN2C(=O)NC3(CCCCC3)C2=O)ccc1OC(F)F. The van der Waals surface area contributed by atoms with Gasteiger partial charge in [-0.25, -0.2) is 4.79 Å². The van der Waals surface area contributed by atoms with E-state index in [2.05, 4.69) is 15.5 Å². The van der Waals surface area contributed by atoms with Crippen LogP contribution in [0.15, 0.2) is 18.2 Å². The van der Waals surface area contributed by atoms with Gasteiger partial charge in [0, 0.05) is 6.54 Å². The van der Waals surface area contributed by atoms with Crippen LogP contribution in [0.25, 0.3) is 0 Å². The van der Waals surface area contributed by atoms with Crippen molar-refractivity contribution in [3.05, 3.63) is 23.8 Å². The Bertz CT molecular complexity index is 845. The lowest BCUT2D eigenvalue weighted by atomic mass is 9.82. The molecule has 1 aliphatic heterocycles. The van der Waals surface area contributed by atoms with E-state index in [0.29, 0.717) is 24.9 Å². The number of carbonyl (C=O) groups is 3. The number of hydrazine groups is 1. The van der Waals surface area contributed by atoms with Gasteiger partial charge in [-0.1, -0.05) is 25.3 Å². The zero-order valence-corrected chi connectivity index (χ0v) is 17.5. The fourth-order valence-electron chi connectivity index (χ4n) is 3.99. The molecule has 0 unspecified atom stereocenters. The minimum Gasteiger partial charge on any atom is -0.493 e. The molecule has 2 N–H and O–H groups in total. The van der Waals surface area contributed by atoms with Crippen LogP contribution in [0.5, 0.6) is 11.5 Å². The Labute approximate surface area is 178 Å². The molecule has 1 saturated heterocycles. The van der Waals surface area contributed by atoms with E-state index in [1.807, 2.05) is 0 Å². The van der Waals surface area contributed by atoms with E-state index in [1.54, 1.807) is 18.0 Å². The van der Waals surface area contributed by atoms with E-state index in [-0.39, 0.29) is 18.0 Å². The molecule has 1 aliphatic carbocycles. The van der Waals surface area contributed by atoms with E-state index in [0.717, 1.165) is 24.3 Å². The van der Waals surface area contributed by atoms with Gasteiger partial charge >= 0.3 is 12.6 Å². The number of halogens is 2. The number of rotatable bonds is 8. The van der Waals surface area contributed by atoms with E-state index < -0.39 is 30.0 Å². The number of alkyl halides is 2. The van der Waals surface area contributed by atoms with Gasteiger partial charge < -0.3 is 14.8 Å². The van der Waals surface area contributed by atoms with Gasteiger partial charge in [0.1, 0.15) is 5.54 Å². The number of nitrogens with zero attached hydrogens (tertiary/aromatic N) is 2. The minimum atomic E-state index is -2.97. The second-order valence-electron chi connectivity index (χ2n) is 7.78. The maximum atomic E-state index is 12.7.